The molecule has 2 fully saturated rings. The van der Waals surface area contributed by atoms with E-state index in [4.69, 9.17) is 0 Å². The maximum Gasteiger partial charge on any atom is 0.233 e. The van der Waals surface area contributed by atoms with Crippen molar-refractivity contribution in [1.82, 2.24) is 20.0 Å². The lowest BCUT2D eigenvalue weighted by atomic mass is 9.83. The van der Waals surface area contributed by atoms with E-state index in [0.29, 0.717) is 40.8 Å². The number of pyridine rings is 1. The van der Waals surface area contributed by atoms with E-state index in [1.165, 1.54) is 16.8 Å². The lowest BCUT2D eigenvalue weighted by molar-refractivity contribution is -0.125. The number of nitrogens with one attached hydrogen (secondary N) is 1. The molecule has 2 amide bonds. The molecule has 1 aliphatic carbocycles. The molecule has 3 aromatic rings. The predicted molar refractivity (Wildman–Crippen MR) is 126 cm³/mol. The third-order valence-corrected chi connectivity index (χ3v) is 6.80. The summed E-state index contributed by atoms with van der Waals surface area (Å²) in [6.07, 6.45) is 4.73. The summed E-state index contributed by atoms with van der Waals surface area (Å²) >= 11 is 0. The van der Waals surface area contributed by atoms with Crippen molar-refractivity contribution < 1.29 is 14.0 Å². The van der Waals surface area contributed by atoms with Crippen molar-refractivity contribution in [2.45, 2.75) is 39.5 Å². The number of halogens is 1. The molecule has 1 aromatic carbocycles. The SMILES string of the molecule is Cc1cc(N2CC[C@@](C)(C3CC3)C2=O)cc(NC(=O)Cc2cc(F)cc(-c3cn(C)nn3)c2)n1. The van der Waals surface area contributed by atoms with Crippen LogP contribution in [-0.2, 0) is 23.1 Å². The molecule has 1 saturated carbocycles. The van der Waals surface area contributed by atoms with Gasteiger partial charge in [0.2, 0.25) is 11.8 Å². The predicted octanol–water partition coefficient (Wildman–Crippen LogP) is 3.66. The molecule has 176 valence electrons. The van der Waals surface area contributed by atoms with E-state index in [2.05, 4.69) is 27.5 Å². The molecule has 2 aromatic heterocycles. The Labute approximate surface area is 197 Å². The lowest BCUT2D eigenvalue weighted by Gasteiger charge is -2.23. The number of amides is 2. The Kier molecular flexibility index (Phi) is 5.42. The smallest absolute Gasteiger partial charge is 0.233 e. The van der Waals surface area contributed by atoms with Crippen molar-refractivity contribution in [2.24, 2.45) is 18.4 Å². The van der Waals surface area contributed by atoms with Crippen LogP contribution in [0.15, 0.2) is 36.5 Å². The summed E-state index contributed by atoms with van der Waals surface area (Å²) in [4.78, 5) is 32.1. The van der Waals surface area contributed by atoms with Gasteiger partial charge < -0.3 is 10.2 Å². The van der Waals surface area contributed by atoms with E-state index in [-0.39, 0.29) is 23.7 Å². The highest BCUT2D eigenvalue weighted by molar-refractivity contribution is 6.01. The van der Waals surface area contributed by atoms with E-state index in [0.717, 1.165) is 24.9 Å². The van der Waals surface area contributed by atoms with Crippen LogP contribution in [0.3, 0.4) is 0 Å². The molecule has 2 aliphatic rings. The highest BCUT2D eigenvalue weighted by Gasteiger charge is 2.52. The molecule has 8 nitrogen and oxygen atoms in total. The number of aryl methyl sites for hydroxylation is 2. The van der Waals surface area contributed by atoms with E-state index in [1.807, 2.05) is 17.9 Å². The molecule has 0 bridgehead atoms. The van der Waals surface area contributed by atoms with Crippen molar-refractivity contribution >= 4 is 23.3 Å². The van der Waals surface area contributed by atoms with Gasteiger partial charge in [-0.2, -0.15) is 0 Å². The molecular weight excluding hydrogens is 435 g/mol. The zero-order valence-electron chi connectivity index (χ0n) is 19.5. The van der Waals surface area contributed by atoms with Crippen LogP contribution in [0.5, 0.6) is 0 Å². The van der Waals surface area contributed by atoms with Crippen molar-refractivity contribution in [2.75, 3.05) is 16.8 Å². The zero-order valence-corrected chi connectivity index (χ0v) is 19.5. The number of rotatable bonds is 6. The first-order valence-electron chi connectivity index (χ1n) is 11.5. The molecular formula is C25H27FN6O2. The second-order valence-corrected chi connectivity index (χ2v) is 9.60. The topological polar surface area (TPSA) is 93.0 Å². The standard InChI is InChI=1S/C25H27FN6O2/c1-15-8-20(32-7-6-25(2,24(32)34)18-4-5-18)13-22(27-15)28-23(33)11-16-9-17(12-19(26)10-16)21-14-31(3)30-29-21/h8-10,12-14,18H,4-7,11H2,1-3H3,(H,27,28,33)/t25-/m0/s1. The summed E-state index contributed by atoms with van der Waals surface area (Å²) < 4.78 is 15.7. The summed E-state index contributed by atoms with van der Waals surface area (Å²) in [6, 6.07) is 8.02. The average Bonchev–Trinajstić information content (AvgIpc) is 3.46. The van der Waals surface area contributed by atoms with Gasteiger partial charge in [0.25, 0.3) is 0 Å². The Morgan fingerprint density at radius 3 is 2.74 bits per heavy atom. The van der Waals surface area contributed by atoms with Gasteiger partial charge in [0, 0.05) is 36.6 Å². The minimum absolute atomic E-state index is 0.0294. The van der Waals surface area contributed by atoms with Crippen LogP contribution in [0.1, 0.15) is 37.4 Å². The summed E-state index contributed by atoms with van der Waals surface area (Å²) in [6.45, 7) is 4.56. The van der Waals surface area contributed by atoms with E-state index >= 15 is 0 Å². The van der Waals surface area contributed by atoms with Crippen molar-refractivity contribution in [3.8, 4) is 11.3 Å². The van der Waals surface area contributed by atoms with Gasteiger partial charge in [-0.3, -0.25) is 14.3 Å². The van der Waals surface area contributed by atoms with Gasteiger partial charge >= 0.3 is 0 Å². The molecule has 3 heterocycles. The molecule has 1 atom stereocenters. The molecule has 1 aliphatic heterocycles. The van der Waals surface area contributed by atoms with Crippen LogP contribution in [-0.4, -0.2) is 38.3 Å². The normalized spacial score (nSPS) is 20.1. The molecule has 34 heavy (non-hydrogen) atoms. The Morgan fingerprint density at radius 2 is 2.03 bits per heavy atom. The highest BCUT2D eigenvalue weighted by Crippen LogP contribution is 2.52. The molecule has 0 spiro atoms. The summed E-state index contributed by atoms with van der Waals surface area (Å²) in [5.74, 6) is 0.223. The Hall–Kier alpha value is -3.62. The molecule has 1 N–H and O–H groups in total. The summed E-state index contributed by atoms with van der Waals surface area (Å²) in [5, 5.41) is 10.7. The van der Waals surface area contributed by atoms with Crippen LogP contribution >= 0.6 is 0 Å². The highest BCUT2D eigenvalue weighted by atomic mass is 19.1. The Morgan fingerprint density at radius 1 is 1.24 bits per heavy atom. The third kappa shape index (κ3) is 4.30. The summed E-state index contributed by atoms with van der Waals surface area (Å²) in [7, 11) is 1.73. The van der Waals surface area contributed by atoms with Gasteiger partial charge in [0.1, 0.15) is 17.3 Å². The first kappa shape index (κ1) is 22.2. The molecule has 0 radical (unpaired) electrons. The Bertz CT molecular complexity index is 1280. The number of hydrogen-bond acceptors (Lipinski definition) is 5. The third-order valence-electron chi connectivity index (χ3n) is 6.80. The zero-order chi connectivity index (χ0) is 24.0. The summed E-state index contributed by atoms with van der Waals surface area (Å²) in [5.41, 5.74) is 2.75. The van der Waals surface area contributed by atoms with E-state index in [9.17, 15) is 14.0 Å². The van der Waals surface area contributed by atoms with Crippen molar-refractivity contribution in [1.29, 1.82) is 0 Å². The van der Waals surface area contributed by atoms with Gasteiger partial charge in [0.15, 0.2) is 0 Å². The fourth-order valence-electron chi connectivity index (χ4n) is 4.83. The van der Waals surface area contributed by atoms with Crippen LogP contribution in [0, 0.1) is 24.1 Å². The number of aromatic nitrogens is 4. The van der Waals surface area contributed by atoms with Crippen molar-refractivity contribution in [3.05, 3.63) is 53.6 Å². The minimum atomic E-state index is -0.451. The Balaban J connectivity index is 1.31. The number of hydrogen-bond donors (Lipinski definition) is 1. The largest absolute Gasteiger partial charge is 0.312 e. The minimum Gasteiger partial charge on any atom is -0.312 e. The van der Waals surface area contributed by atoms with Gasteiger partial charge in [0.05, 0.1) is 18.0 Å². The number of anilines is 2. The van der Waals surface area contributed by atoms with Crippen LogP contribution in [0.2, 0.25) is 0 Å². The van der Waals surface area contributed by atoms with E-state index in [1.54, 1.807) is 25.4 Å². The fraction of sp³-hybridized carbons (Fsp3) is 0.400. The van der Waals surface area contributed by atoms with Crippen LogP contribution in [0.25, 0.3) is 11.3 Å². The first-order chi connectivity index (χ1) is 16.2. The van der Waals surface area contributed by atoms with Crippen molar-refractivity contribution in [3.63, 3.8) is 0 Å². The maximum absolute atomic E-state index is 14.2. The number of carbonyl (C=O) groups is 2. The molecule has 0 unspecified atom stereocenters. The number of benzene rings is 1. The van der Waals surface area contributed by atoms with Gasteiger partial charge in [-0.25, -0.2) is 9.37 Å². The van der Waals surface area contributed by atoms with Gasteiger partial charge in [-0.15, -0.1) is 5.10 Å². The van der Waals surface area contributed by atoms with Gasteiger partial charge in [-0.1, -0.05) is 12.1 Å². The second kappa shape index (κ2) is 8.30. The van der Waals surface area contributed by atoms with Gasteiger partial charge in [-0.05, 0) is 61.9 Å². The molecule has 9 heteroatoms. The fourth-order valence-corrected chi connectivity index (χ4v) is 4.83. The quantitative estimate of drug-likeness (QED) is 0.604. The molecule has 5 rings (SSSR count). The maximum atomic E-state index is 14.2. The molecule has 1 saturated heterocycles. The average molecular weight is 463 g/mol. The van der Waals surface area contributed by atoms with Crippen LogP contribution < -0.4 is 10.2 Å². The van der Waals surface area contributed by atoms with E-state index < -0.39 is 5.82 Å². The number of carbonyl (C=O) groups excluding carboxylic acids is 2. The van der Waals surface area contributed by atoms with Crippen LogP contribution in [0.4, 0.5) is 15.9 Å². The second-order valence-electron chi connectivity index (χ2n) is 9.60. The lowest BCUT2D eigenvalue weighted by Crippen LogP contribution is -2.34. The monoisotopic (exact) mass is 462 g/mol. The number of nitrogens with zero attached hydrogens (tertiary/aromatic N) is 5. The first-order valence-corrected chi connectivity index (χ1v) is 11.5.